The van der Waals surface area contributed by atoms with Crippen LogP contribution in [0.5, 0.6) is 5.75 Å². The Morgan fingerprint density at radius 2 is 1.79 bits per heavy atom. The van der Waals surface area contributed by atoms with Crippen molar-refractivity contribution < 1.29 is 29.0 Å². The van der Waals surface area contributed by atoms with E-state index in [4.69, 9.17) is 4.42 Å². The van der Waals surface area contributed by atoms with E-state index in [9.17, 15) is 29.4 Å². The molecule has 2 aromatic carbocycles. The van der Waals surface area contributed by atoms with Crippen LogP contribution in [-0.2, 0) is 9.59 Å². The van der Waals surface area contributed by atoms with Crippen LogP contribution in [0.2, 0.25) is 0 Å². The number of hydrogen-bond acceptors (Lipinski definition) is 7. The molecule has 0 saturated carbocycles. The van der Waals surface area contributed by atoms with Crippen molar-refractivity contribution >= 4 is 46.2 Å². The number of rotatable bonds is 4. The molecular weight excluding hydrogens is 458 g/mol. The summed E-state index contributed by atoms with van der Waals surface area (Å²) in [7, 11) is 0. The summed E-state index contributed by atoms with van der Waals surface area (Å²) in [5, 5.41) is 20.0. The number of carboxylic acid groups (broad SMARTS) is 1. The molecule has 0 radical (unpaired) electrons. The van der Waals surface area contributed by atoms with E-state index in [2.05, 4.69) is 0 Å². The second-order valence-electron chi connectivity index (χ2n) is 7.85. The Bertz CT molecular complexity index is 1540. The summed E-state index contributed by atoms with van der Waals surface area (Å²) in [6, 6.07) is 13.0. The lowest BCUT2D eigenvalue weighted by molar-refractivity contribution is -0.121. The molecule has 34 heavy (non-hydrogen) atoms. The zero-order valence-corrected chi connectivity index (χ0v) is 18.6. The molecule has 170 valence electrons. The average molecular weight is 475 g/mol. The van der Waals surface area contributed by atoms with Crippen LogP contribution in [0.4, 0.5) is 5.69 Å². The highest BCUT2D eigenvalue weighted by molar-refractivity contribution is 8.00. The van der Waals surface area contributed by atoms with Gasteiger partial charge in [-0.2, -0.15) is 11.8 Å². The molecule has 3 aliphatic rings. The maximum Gasteiger partial charge on any atom is 0.336 e. The van der Waals surface area contributed by atoms with E-state index in [-0.39, 0.29) is 52.0 Å². The third-order valence-electron chi connectivity index (χ3n) is 5.83. The molecule has 1 aliphatic carbocycles. The van der Waals surface area contributed by atoms with Crippen molar-refractivity contribution in [3.8, 4) is 28.2 Å². The van der Waals surface area contributed by atoms with Gasteiger partial charge in [-0.05, 0) is 48.2 Å². The number of fused-ring (bicyclic) bond motifs is 2. The quantitative estimate of drug-likeness (QED) is 0.336. The van der Waals surface area contributed by atoms with Crippen LogP contribution < -0.4 is 10.3 Å². The van der Waals surface area contributed by atoms with Gasteiger partial charge in [-0.15, -0.1) is 0 Å². The molecule has 2 amide bonds. The molecule has 2 aromatic rings. The molecular formula is C25H17NO7S. The van der Waals surface area contributed by atoms with Gasteiger partial charge < -0.3 is 14.6 Å². The first-order valence-electron chi connectivity index (χ1n) is 10.3. The van der Waals surface area contributed by atoms with Crippen molar-refractivity contribution in [1.82, 2.24) is 0 Å². The summed E-state index contributed by atoms with van der Waals surface area (Å²) in [5.74, 6) is -1.84. The summed E-state index contributed by atoms with van der Waals surface area (Å²) >= 11 is 1.27. The molecule has 0 aromatic heterocycles. The molecule has 1 atom stereocenters. The Balaban J connectivity index is 1.78. The fraction of sp³-hybridized carbons (Fsp3) is 0.120. The van der Waals surface area contributed by atoms with E-state index in [1.54, 1.807) is 18.4 Å². The number of carboxylic acids is 1. The normalized spacial score (nSPS) is 16.0. The number of amides is 2. The van der Waals surface area contributed by atoms with Crippen molar-refractivity contribution in [2.45, 2.75) is 11.7 Å². The smallest absolute Gasteiger partial charge is 0.336 e. The van der Waals surface area contributed by atoms with E-state index in [0.29, 0.717) is 22.1 Å². The number of thioether (sulfide) groups is 1. The number of carbonyl (C=O) groups is 3. The minimum absolute atomic E-state index is 0.0527. The van der Waals surface area contributed by atoms with E-state index >= 15 is 0 Å². The maximum absolute atomic E-state index is 12.7. The monoisotopic (exact) mass is 475 g/mol. The van der Waals surface area contributed by atoms with Crippen LogP contribution in [0.1, 0.15) is 16.8 Å². The second kappa shape index (κ2) is 8.03. The number of imide groups is 1. The van der Waals surface area contributed by atoms with Crippen LogP contribution in [0.3, 0.4) is 0 Å². The number of carbonyl (C=O) groups excluding carboxylic acids is 2. The highest BCUT2D eigenvalue weighted by Crippen LogP contribution is 2.43. The highest BCUT2D eigenvalue weighted by Gasteiger charge is 2.39. The summed E-state index contributed by atoms with van der Waals surface area (Å²) in [5.41, 5.74) is 1.34. The lowest BCUT2D eigenvalue weighted by Crippen LogP contribution is -2.31. The first-order valence-corrected chi connectivity index (χ1v) is 11.5. The van der Waals surface area contributed by atoms with E-state index in [0.717, 1.165) is 4.90 Å². The van der Waals surface area contributed by atoms with Crippen LogP contribution in [0.15, 0.2) is 63.8 Å². The van der Waals surface area contributed by atoms with Crippen molar-refractivity contribution in [2.75, 3.05) is 11.2 Å². The predicted molar refractivity (Wildman–Crippen MR) is 128 cm³/mol. The highest BCUT2D eigenvalue weighted by atomic mass is 32.2. The van der Waals surface area contributed by atoms with Crippen LogP contribution >= 0.6 is 11.8 Å². The number of phenols is 1. The minimum atomic E-state index is -1.25. The summed E-state index contributed by atoms with van der Waals surface area (Å²) in [6.07, 6.45) is 1.80. The largest absolute Gasteiger partial charge is 0.508 e. The summed E-state index contributed by atoms with van der Waals surface area (Å²) in [6.45, 7) is 0. The van der Waals surface area contributed by atoms with Crippen LogP contribution in [0.25, 0.3) is 33.4 Å². The molecule has 1 unspecified atom stereocenters. The molecule has 9 heteroatoms. The molecule has 2 heterocycles. The minimum Gasteiger partial charge on any atom is -0.508 e. The van der Waals surface area contributed by atoms with Gasteiger partial charge in [0, 0.05) is 35.1 Å². The second-order valence-corrected chi connectivity index (χ2v) is 8.89. The first-order chi connectivity index (χ1) is 16.3. The molecule has 5 rings (SSSR count). The third-order valence-corrected chi connectivity index (χ3v) is 6.77. The molecule has 2 aliphatic heterocycles. The van der Waals surface area contributed by atoms with Gasteiger partial charge in [-0.1, -0.05) is 6.07 Å². The van der Waals surface area contributed by atoms with Gasteiger partial charge in [0.2, 0.25) is 11.8 Å². The zero-order valence-electron chi connectivity index (χ0n) is 17.8. The van der Waals surface area contributed by atoms with Crippen molar-refractivity contribution in [3.05, 3.63) is 70.4 Å². The Hall–Kier alpha value is -4.11. The van der Waals surface area contributed by atoms with Gasteiger partial charge in [0.15, 0.2) is 5.43 Å². The fourth-order valence-corrected chi connectivity index (χ4v) is 4.89. The molecule has 0 bridgehead atoms. The Morgan fingerprint density at radius 3 is 2.50 bits per heavy atom. The molecule has 1 saturated heterocycles. The molecule has 8 nitrogen and oxygen atoms in total. The van der Waals surface area contributed by atoms with E-state index < -0.39 is 11.2 Å². The third kappa shape index (κ3) is 3.41. The van der Waals surface area contributed by atoms with Gasteiger partial charge in [-0.25, -0.2) is 9.69 Å². The SMILES string of the molecule is CSC1CC(=O)N(c2ccc(-c3c4ccc(=O)cc-4oc4cc(O)ccc34)c(C(=O)O)c2)C1=O. The number of anilines is 1. The predicted octanol–water partition coefficient (Wildman–Crippen LogP) is 3.96. The number of aromatic hydroxyl groups is 1. The van der Waals surface area contributed by atoms with Crippen LogP contribution in [0, 0.1) is 0 Å². The Morgan fingerprint density at radius 1 is 1.03 bits per heavy atom. The lowest BCUT2D eigenvalue weighted by Gasteiger charge is -2.19. The van der Waals surface area contributed by atoms with Crippen molar-refractivity contribution in [3.63, 3.8) is 0 Å². The van der Waals surface area contributed by atoms with Crippen LogP contribution in [-0.4, -0.2) is 39.5 Å². The molecule has 1 fully saturated rings. The van der Waals surface area contributed by atoms with Gasteiger partial charge in [0.25, 0.3) is 0 Å². The van der Waals surface area contributed by atoms with Crippen molar-refractivity contribution in [2.24, 2.45) is 0 Å². The summed E-state index contributed by atoms with van der Waals surface area (Å²) in [4.78, 5) is 50.4. The van der Waals surface area contributed by atoms with Gasteiger partial charge in [0.05, 0.1) is 16.5 Å². The number of nitrogens with zero attached hydrogens (tertiary/aromatic N) is 1. The maximum atomic E-state index is 12.7. The van der Waals surface area contributed by atoms with E-state index in [1.165, 1.54) is 54.2 Å². The van der Waals surface area contributed by atoms with E-state index in [1.807, 2.05) is 0 Å². The topological polar surface area (TPSA) is 125 Å². The fourth-order valence-electron chi connectivity index (χ4n) is 4.28. The zero-order chi connectivity index (χ0) is 24.1. The number of benzene rings is 3. The number of hydrogen-bond donors (Lipinski definition) is 2. The lowest BCUT2D eigenvalue weighted by atomic mass is 9.90. The number of aromatic carboxylic acids is 1. The van der Waals surface area contributed by atoms with Crippen molar-refractivity contribution in [1.29, 1.82) is 0 Å². The standard InChI is InChI=1S/C25H17NO7S/c1-34-21-11-22(29)26(24(21)30)12-2-5-15(18(8-12)25(31)32)23-16-6-3-13(27)9-19(16)33-20-10-14(28)4-7-17(20)23/h2-10,21,27H,11H2,1H3,(H,31,32). The molecule has 2 N–H and O–H groups in total. The number of phenolic OH excluding ortho intramolecular Hbond substituents is 1. The average Bonchev–Trinajstić information content (AvgIpc) is 3.09. The first kappa shape index (κ1) is 21.7. The van der Waals surface area contributed by atoms with Gasteiger partial charge >= 0.3 is 5.97 Å². The van der Waals surface area contributed by atoms with Gasteiger partial charge in [-0.3, -0.25) is 14.4 Å². The van der Waals surface area contributed by atoms with Gasteiger partial charge in [0.1, 0.15) is 17.1 Å². The molecule has 0 spiro atoms. The summed E-state index contributed by atoms with van der Waals surface area (Å²) < 4.78 is 5.82. The Kier molecular flexibility index (Phi) is 5.13. The Labute approximate surface area is 196 Å².